The van der Waals surface area contributed by atoms with E-state index >= 15 is 0 Å². The van der Waals surface area contributed by atoms with Gasteiger partial charge in [0.2, 0.25) is 5.91 Å². The molecule has 29 heavy (non-hydrogen) atoms. The highest BCUT2D eigenvalue weighted by Gasteiger charge is 2.21. The van der Waals surface area contributed by atoms with Gasteiger partial charge in [0.05, 0.1) is 6.26 Å². The van der Waals surface area contributed by atoms with Crippen LogP contribution < -0.4 is 5.32 Å². The predicted octanol–water partition coefficient (Wildman–Crippen LogP) is 5.23. The van der Waals surface area contributed by atoms with Crippen LogP contribution in [-0.2, 0) is 11.2 Å². The number of hydrogen-bond donors (Lipinski definition) is 1. The molecule has 0 spiro atoms. The quantitative estimate of drug-likeness (QED) is 0.683. The number of benzene rings is 1. The molecule has 1 aromatic carbocycles. The molecule has 2 aliphatic rings. The van der Waals surface area contributed by atoms with Gasteiger partial charge < -0.3 is 9.73 Å². The molecule has 1 fully saturated rings. The summed E-state index contributed by atoms with van der Waals surface area (Å²) in [6, 6.07) is 8.43. The van der Waals surface area contributed by atoms with Crippen molar-refractivity contribution in [1.82, 2.24) is 10.2 Å². The zero-order valence-electron chi connectivity index (χ0n) is 17.5. The van der Waals surface area contributed by atoms with Crippen molar-refractivity contribution in [1.29, 1.82) is 0 Å². The van der Waals surface area contributed by atoms with Crippen LogP contribution in [-0.4, -0.2) is 36.5 Å². The molecule has 2 aromatic rings. The first-order valence-corrected chi connectivity index (χ1v) is 11.4. The highest BCUT2D eigenvalue weighted by Crippen LogP contribution is 2.22. The second-order valence-electron chi connectivity index (χ2n) is 8.69. The molecular weight excluding hydrogens is 360 g/mol. The van der Waals surface area contributed by atoms with Gasteiger partial charge in [-0.1, -0.05) is 42.7 Å². The number of fused-ring (bicyclic) bond motifs is 1. The second-order valence-corrected chi connectivity index (χ2v) is 8.69. The molecule has 1 aliphatic heterocycles. The molecule has 0 unspecified atom stereocenters. The molecule has 0 radical (unpaired) electrons. The van der Waals surface area contributed by atoms with E-state index in [1.807, 2.05) is 18.2 Å². The fourth-order valence-electron chi connectivity index (χ4n) is 4.72. The highest BCUT2D eigenvalue weighted by molar-refractivity contribution is 5.81. The van der Waals surface area contributed by atoms with Crippen molar-refractivity contribution in [3.05, 3.63) is 47.7 Å². The Hall–Kier alpha value is -2.07. The summed E-state index contributed by atoms with van der Waals surface area (Å²) >= 11 is 0. The van der Waals surface area contributed by atoms with E-state index in [0.717, 1.165) is 55.4 Å². The van der Waals surface area contributed by atoms with Crippen LogP contribution in [0.5, 0.6) is 0 Å². The van der Waals surface area contributed by atoms with E-state index in [1.165, 1.54) is 38.5 Å². The number of carbonyl (C=O) groups excluding carboxylic acids is 1. The van der Waals surface area contributed by atoms with Gasteiger partial charge in [-0.2, -0.15) is 0 Å². The topological polar surface area (TPSA) is 45.5 Å². The summed E-state index contributed by atoms with van der Waals surface area (Å²) in [6.07, 6.45) is 15.6. The SMILES string of the molecule is O=C(CCc1cccc2ccoc12)NC1CCN(CC2=CCCCCCC2)CC1. The average Bonchev–Trinajstić information content (AvgIpc) is 3.19. The normalized spacial score (nSPS) is 19.5. The van der Waals surface area contributed by atoms with Crippen molar-refractivity contribution in [2.75, 3.05) is 19.6 Å². The molecule has 1 N–H and O–H groups in total. The minimum atomic E-state index is 0.162. The third-order valence-corrected chi connectivity index (χ3v) is 6.45. The van der Waals surface area contributed by atoms with Crippen molar-refractivity contribution in [2.45, 2.75) is 70.3 Å². The Morgan fingerprint density at radius 1 is 1.10 bits per heavy atom. The van der Waals surface area contributed by atoms with E-state index in [-0.39, 0.29) is 5.91 Å². The third-order valence-electron chi connectivity index (χ3n) is 6.45. The highest BCUT2D eigenvalue weighted by atomic mass is 16.3. The number of carbonyl (C=O) groups is 1. The van der Waals surface area contributed by atoms with Crippen molar-refractivity contribution < 1.29 is 9.21 Å². The predicted molar refractivity (Wildman–Crippen MR) is 118 cm³/mol. The molecule has 156 valence electrons. The largest absolute Gasteiger partial charge is 0.464 e. The summed E-state index contributed by atoms with van der Waals surface area (Å²) in [7, 11) is 0. The van der Waals surface area contributed by atoms with Crippen molar-refractivity contribution in [2.24, 2.45) is 0 Å². The van der Waals surface area contributed by atoms with Crippen LogP contribution in [0, 0.1) is 0 Å². The number of allylic oxidation sites excluding steroid dienone is 1. The molecule has 0 atom stereocenters. The fraction of sp³-hybridized carbons (Fsp3) is 0.560. The number of likely N-dealkylation sites (tertiary alicyclic amines) is 1. The third kappa shape index (κ3) is 5.72. The number of para-hydroxylation sites is 1. The van der Waals surface area contributed by atoms with Crippen LogP contribution in [0.3, 0.4) is 0 Å². The molecule has 1 aliphatic carbocycles. The van der Waals surface area contributed by atoms with Crippen molar-refractivity contribution in [3.8, 4) is 0 Å². The molecule has 4 nitrogen and oxygen atoms in total. The summed E-state index contributed by atoms with van der Waals surface area (Å²) in [5.41, 5.74) is 3.67. The molecule has 1 saturated heterocycles. The molecule has 4 heteroatoms. The lowest BCUT2D eigenvalue weighted by Crippen LogP contribution is -2.45. The molecule has 1 aromatic heterocycles. The second kappa shape index (κ2) is 10.1. The number of rotatable bonds is 6. The maximum absolute atomic E-state index is 12.5. The van der Waals surface area contributed by atoms with Crippen LogP contribution in [0.2, 0.25) is 0 Å². The standard InChI is InChI=1S/C25H34N2O2/c28-24(12-11-21-9-6-10-22-15-18-29-25(21)22)26-23-13-16-27(17-14-23)19-20-7-4-2-1-3-5-8-20/h6-7,9-10,15,18,23H,1-5,8,11-14,16-17,19H2,(H,26,28). The monoisotopic (exact) mass is 394 g/mol. The van der Waals surface area contributed by atoms with Gasteiger partial charge in [-0.15, -0.1) is 0 Å². The van der Waals surface area contributed by atoms with E-state index in [1.54, 1.807) is 11.8 Å². The molecular formula is C25H34N2O2. The Kier molecular flexibility index (Phi) is 7.04. The van der Waals surface area contributed by atoms with E-state index in [9.17, 15) is 4.79 Å². The lowest BCUT2D eigenvalue weighted by atomic mass is 9.98. The summed E-state index contributed by atoms with van der Waals surface area (Å²) in [4.78, 5) is 15.0. The van der Waals surface area contributed by atoms with Crippen LogP contribution in [0.4, 0.5) is 0 Å². The Morgan fingerprint density at radius 3 is 2.86 bits per heavy atom. The maximum Gasteiger partial charge on any atom is 0.220 e. The van der Waals surface area contributed by atoms with Crippen LogP contribution in [0.15, 0.2) is 46.6 Å². The lowest BCUT2D eigenvalue weighted by Gasteiger charge is -2.33. The van der Waals surface area contributed by atoms with Crippen molar-refractivity contribution >= 4 is 16.9 Å². The smallest absolute Gasteiger partial charge is 0.220 e. The number of aryl methyl sites for hydroxylation is 1. The van der Waals surface area contributed by atoms with E-state index in [0.29, 0.717) is 12.5 Å². The van der Waals surface area contributed by atoms with Gasteiger partial charge in [-0.25, -0.2) is 0 Å². The molecule has 0 bridgehead atoms. The average molecular weight is 395 g/mol. The Labute approximate surface area is 174 Å². The van der Waals surface area contributed by atoms with Gasteiger partial charge in [0.25, 0.3) is 0 Å². The van der Waals surface area contributed by atoms with Crippen molar-refractivity contribution in [3.63, 3.8) is 0 Å². The van der Waals surface area contributed by atoms with Crippen LogP contribution >= 0.6 is 0 Å². The first-order valence-electron chi connectivity index (χ1n) is 11.4. The maximum atomic E-state index is 12.5. The molecule has 4 rings (SSSR count). The first-order chi connectivity index (χ1) is 14.3. The molecule has 0 saturated carbocycles. The van der Waals surface area contributed by atoms with E-state index in [2.05, 4.69) is 22.4 Å². The molecule has 1 amide bonds. The Morgan fingerprint density at radius 2 is 1.97 bits per heavy atom. The van der Waals surface area contributed by atoms with Gasteiger partial charge >= 0.3 is 0 Å². The number of amides is 1. The van der Waals surface area contributed by atoms with Gasteiger partial charge in [0.15, 0.2) is 0 Å². The van der Waals surface area contributed by atoms with Gasteiger partial charge in [-0.3, -0.25) is 9.69 Å². The summed E-state index contributed by atoms with van der Waals surface area (Å²) < 4.78 is 5.58. The van der Waals surface area contributed by atoms with Gasteiger partial charge in [-0.05, 0) is 56.6 Å². The number of hydrogen-bond acceptors (Lipinski definition) is 3. The van der Waals surface area contributed by atoms with Crippen LogP contribution in [0.25, 0.3) is 11.0 Å². The van der Waals surface area contributed by atoms with E-state index in [4.69, 9.17) is 4.42 Å². The summed E-state index contributed by atoms with van der Waals surface area (Å²) in [6.45, 7) is 3.32. The zero-order chi connectivity index (χ0) is 19.9. The number of piperidine rings is 1. The van der Waals surface area contributed by atoms with E-state index < -0.39 is 0 Å². The minimum absolute atomic E-state index is 0.162. The Bertz CT molecular complexity index is 830. The molecule has 2 heterocycles. The summed E-state index contributed by atoms with van der Waals surface area (Å²) in [5, 5.41) is 4.37. The minimum Gasteiger partial charge on any atom is -0.464 e. The Balaban J connectivity index is 1.19. The lowest BCUT2D eigenvalue weighted by molar-refractivity contribution is -0.122. The fourth-order valence-corrected chi connectivity index (χ4v) is 4.72. The van der Waals surface area contributed by atoms with Gasteiger partial charge in [0, 0.05) is 37.5 Å². The summed E-state index contributed by atoms with van der Waals surface area (Å²) in [5.74, 6) is 0.162. The van der Waals surface area contributed by atoms with Gasteiger partial charge in [0.1, 0.15) is 5.58 Å². The number of nitrogens with zero attached hydrogens (tertiary/aromatic N) is 1. The van der Waals surface area contributed by atoms with Crippen LogP contribution in [0.1, 0.15) is 63.4 Å². The zero-order valence-corrected chi connectivity index (χ0v) is 17.5. The number of nitrogens with one attached hydrogen (secondary N) is 1. The first kappa shape index (κ1) is 20.2. The number of furan rings is 1.